The van der Waals surface area contributed by atoms with Crippen molar-refractivity contribution in [3.05, 3.63) is 82.3 Å². The first-order chi connectivity index (χ1) is 16.0. The number of nitriles is 1. The molecule has 0 radical (unpaired) electrons. The van der Waals surface area contributed by atoms with Crippen LogP contribution in [0, 0.1) is 11.3 Å². The number of aromatic nitrogens is 2. The van der Waals surface area contributed by atoms with E-state index < -0.39 is 0 Å². The number of hydrogen-bond donors (Lipinski definition) is 1. The number of benzene rings is 1. The first-order valence-corrected chi connectivity index (χ1v) is 10.4. The standard InChI is InChI=1S/C25H25N5O3/c1-27-25(32)22-7-6-17(15-29-22)11-20-12-21(16-31)18(13-23(20)33-3)8-10-30(2)24-19(14-26)5-4-9-28-24/h4-7,9,12-13,15-16H,8,10-11H2,1-3H3,(H,27,32). The van der Waals surface area contributed by atoms with Gasteiger partial charge in [0.05, 0.1) is 12.7 Å². The average molecular weight is 444 g/mol. The van der Waals surface area contributed by atoms with E-state index >= 15 is 0 Å². The highest BCUT2D eigenvalue weighted by molar-refractivity contribution is 5.91. The maximum absolute atomic E-state index is 11.8. The summed E-state index contributed by atoms with van der Waals surface area (Å²) in [5.41, 5.74) is 4.01. The lowest BCUT2D eigenvalue weighted by Crippen LogP contribution is -2.22. The number of carbonyl (C=O) groups excluding carboxylic acids is 2. The van der Waals surface area contributed by atoms with Crippen molar-refractivity contribution in [2.45, 2.75) is 12.8 Å². The highest BCUT2D eigenvalue weighted by Gasteiger charge is 2.14. The SMILES string of the molecule is CNC(=O)c1ccc(Cc2cc(C=O)c(CCN(C)c3ncccc3C#N)cc2OC)cn1. The van der Waals surface area contributed by atoms with Crippen molar-refractivity contribution in [3.63, 3.8) is 0 Å². The summed E-state index contributed by atoms with van der Waals surface area (Å²) < 4.78 is 5.60. The number of likely N-dealkylation sites (N-methyl/N-ethyl adjacent to an activating group) is 1. The molecule has 168 valence electrons. The van der Waals surface area contributed by atoms with E-state index in [0.29, 0.717) is 47.8 Å². The maximum Gasteiger partial charge on any atom is 0.269 e. The van der Waals surface area contributed by atoms with Crippen LogP contribution in [0.2, 0.25) is 0 Å². The highest BCUT2D eigenvalue weighted by Crippen LogP contribution is 2.26. The molecule has 0 atom stereocenters. The second-order valence-corrected chi connectivity index (χ2v) is 7.45. The lowest BCUT2D eigenvalue weighted by atomic mass is 9.97. The molecule has 0 bridgehead atoms. The Morgan fingerprint density at radius 3 is 2.70 bits per heavy atom. The smallest absolute Gasteiger partial charge is 0.269 e. The molecule has 0 saturated heterocycles. The number of anilines is 1. The van der Waals surface area contributed by atoms with Crippen LogP contribution < -0.4 is 15.0 Å². The molecule has 0 fully saturated rings. The fourth-order valence-electron chi connectivity index (χ4n) is 3.53. The molecule has 8 heteroatoms. The van der Waals surface area contributed by atoms with Gasteiger partial charge in [0, 0.05) is 45.0 Å². The number of pyridine rings is 2. The Balaban J connectivity index is 1.80. The maximum atomic E-state index is 11.8. The van der Waals surface area contributed by atoms with Crippen molar-refractivity contribution >= 4 is 18.0 Å². The van der Waals surface area contributed by atoms with Gasteiger partial charge in [-0.3, -0.25) is 14.6 Å². The van der Waals surface area contributed by atoms with Gasteiger partial charge < -0.3 is 15.0 Å². The van der Waals surface area contributed by atoms with E-state index in [1.807, 2.05) is 30.1 Å². The summed E-state index contributed by atoms with van der Waals surface area (Å²) in [5, 5.41) is 11.8. The number of aldehydes is 1. The summed E-state index contributed by atoms with van der Waals surface area (Å²) in [6, 6.07) is 12.8. The number of nitrogens with zero attached hydrogens (tertiary/aromatic N) is 4. The number of rotatable bonds is 9. The van der Waals surface area contributed by atoms with E-state index in [4.69, 9.17) is 4.74 Å². The van der Waals surface area contributed by atoms with E-state index in [1.165, 1.54) is 0 Å². The normalized spacial score (nSPS) is 10.2. The Morgan fingerprint density at radius 2 is 2.06 bits per heavy atom. The van der Waals surface area contributed by atoms with Crippen molar-refractivity contribution < 1.29 is 14.3 Å². The van der Waals surface area contributed by atoms with Crippen LogP contribution in [0.3, 0.4) is 0 Å². The first kappa shape index (κ1) is 23.4. The van der Waals surface area contributed by atoms with Crippen molar-refractivity contribution in [3.8, 4) is 11.8 Å². The Kier molecular flexibility index (Phi) is 7.71. The van der Waals surface area contributed by atoms with Gasteiger partial charge in [-0.05, 0) is 53.4 Å². The lowest BCUT2D eigenvalue weighted by Gasteiger charge is -2.20. The van der Waals surface area contributed by atoms with E-state index in [9.17, 15) is 14.9 Å². The minimum Gasteiger partial charge on any atom is -0.496 e. The third-order valence-electron chi connectivity index (χ3n) is 5.33. The van der Waals surface area contributed by atoms with Crippen LogP contribution in [-0.4, -0.2) is 49.9 Å². The van der Waals surface area contributed by atoms with Gasteiger partial charge in [-0.15, -0.1) is 0 Å². The molecule has 8 nitrogen and oxygen atoms in total. The average Bonchev–Trinajstić information content (AvgIpc) is 2.87. The first-order valence-electron chi connectivity index (χ1n) is 10.4. The van der Waals surface area contributed by atoms with E-state index in [0.717, 1.165) is 23.0 Å². The van der Waals surface area contributed by atoms with Crippen LogP contribution >= 0.6 is 0 Å². The fourth-order valence-corrected chi connectivity index (χ4v) is 3.53. The zero-order valence-electron chi connectivity index (χ0n) is 18.8. The van der Waals surface area contributed by atoms with Gasteiger partial charge in [-0.25, -0.2) is 4.98 Å². The monoisotopic (exact) mass is 443 g/mol. The molecular formula is C25H25N5O3. The third kappa shape index (κ3) is 5.52. The zero-order valence-corrected chi connectivity index (χ0v) is 18.8. The van der Waals surface area contributed by atoms with E-state index in [2.05, 4.69) is 21.4 Å². The van der Waals surface area contributed by atoms with Crippen molar-refractivity contribution in [1.82, 2.24) is 15.3 Å². The highest BCUT2D eigenvalue weighted by atomic mass is 16.5. The number of ether oxygens (including phenoxy) is 1. The predicted octanol–water partition coefficient (Wildman–Crippen LogP) is 2.80. The minimum absolute atomic E-state index is 0.246. The van der Waals surface area contributed by atoms with Crippen LogP contribution in [-0.2, 0) is 12.8 Å². The Labute approximate surface area is 192 Å². The summed E-state index contributed by atoms with van der Waals surface area (Å²) in [6.07, 6.45) is 5.22. The van der Waals surface area contributed by atoms with E-state index in [-0.39, 0.29) is 5.91 Å². The molecule has 0 saturated carbocycles. The summed E-state index contributed by atoms with van der Waals surface area (Å²) in [6.45, 7) is 0.569. The van der Waals surface area contributed by atoms with Crippen LogP contribution in [0.15, 0.2) is 48.8 Å². The topological polar surface area (TPSA) is 108 Å². The van der Waals surface area contributed by atoms with Crippen molar-refractivity contribution in [2.24, 2.45) is 0 Å². The molecule has 0 aliphatic carbocycles. The number of hydrogen-bond acceptors (Lipinski definition) is 7. The molecule has 2 aromatic heterocycles. The fraction of sp³-hybridized carbons (Fsp3) is 0.240. The number of methoxy groups -OCH3 is 1. The summed E-state index contributed by atoms with van der Waals surface area (Å²) in [5.74, 6) is 1.03. The largest absolute Gasteiger partial charge is 0.496 e. The van der Waals surface area contributed by atoms with Gasteiger partial charge in [0.1, 0.15) is 29.6 Å². The van der Waals surface area contributed by atoms with Gasteiger partial charge in [-0.2, -0.15) is 5.26 Å². The van der Waals surface area contributed by atoms with Gasteiger partial charge >= 0.3 is 0 Å². The van der Waals surface area contributed by atoms with E-state index in [1.54, 1.807) is 44.8 Å². The third-order valence-corrected chi connectivity index (χ3v) is 5.33. The van der Waals surface area contributed by atoms with Gasteiger partial charge in [-0.1, -0.05) is 6.07 Å². The van der Waals surface area contributed by atoms with Gasteiger partial charge in [0.15, 0.2) is 0 Å². The molecular weight excluding hydrogens is 418 g/mol. The molecule has 0 spiro atoms. The Bertz CT molecular complexity index is 1190. The molecule has 33 heavy (non-hydrogen) atoms. The van der Waals surface area contributed by atoms with Crippen LogP contribution in [0.5, 0.6) is 5.75 Å². The van der Waals surface area contributed by atoms with Crippen LogP contribution in [0.25, 0.3) is 0 Å². The van der Waals surface area contributed by atoms with Gasteiger partial charge in [0.2, 0.25) is 0 Å². The van der Waals surface area contributed by atoms with Crippen molar-refractivity contribution in [2.75, 3.05) is 32.6 Å². The predicted molar refractivity (Wildman–Crippen MR) is 125 cm³/mol. The molecule has 0 aliphatic rings. The van der Waals surface area contributed by atoms with Gasteiger partial charge in [0.25, 0.3) is 5.91 Å². The molecule has 1 amide bonds. The number of amides is 1. The second-order valence-electron chi connectivity index (χ2n) is 7.45. The summed E-state index contributed by atoms with van der Waals surface area (Å²) in [7, 11) is 5.02. The molecule has 2 heterocycles. The Morgan fingerprint density at radius 1 is 1.24 bits per heavy atom. The molecule has 0 aliphatic heterocycles. The Hall–Kier alpha value is -4.25. The summed E-state index contributed by atoms with van der Waals surface area (Å²) in [4.78, 5) is 33.9. The lowest BCUT2D eigenvalue weighted by molar-refractivity contribution is 0.0958. The molecule has 0 unspecified atom stereocenters. The summed E-state index contributed by atoms with van der Waals surface area (Å²) >= 11 is 0. The molecule has 1 N–H and O–H groups in total. The molecule has 3 aromatic rings. The minimum atomic E-state index is -0.246. The van der Waals surface area contributed by atoms with Crippen LogP contribution in [0.1, 0.15) is 43.1 Å². The quantitative estimate of drug-likeness (QED) is 0.507. The molecule has 3 rings (SSSR count). The van der Waals surface area contributed by atoms with Crippen molar-refractivity contribution in [1.29, 1.82) is 5.26 Å². The second kappa shape index (κ2) is 10.9. The van der Waals surface area contributed by atoms with Crippen LogP contribution in [0.4, 0.5) is 5.82 Å². The zero-order chi connectivity index (χ0) is 23.8. The molecule has 1 aromatic carbocycles. The number of carbonyl (C=O) groups is 2. The number of nitrogens with one attached hydrogen (secondary N) is 1.